The lowest BCUT2D eigenvalue weighted by molar-refractivity contribution is -0.122. The Hall–Kier alpha value is -4.84. The Morgan fingerprint density at radius 3 is 2.23 bits per heavy atom. The molecule has 190 valence electrons. The van der Waals surface area contributed by atoms with E-state index < -0.39 is 29.2 Å². The number of carbonyl (C=O) groups is 3. The van der Waals surface area contributed by atoms with Gasteiger partial charge in [-0.25, -0.2) is 4.39 Å². The Kier molecular flexibility index (Phi) is 5.13. The van der Waals surface area contributed by atoms with Crippen LogP contribution in [0, 0.1) is 11.7 Å². The zero-order valence-electron chi connectivity index (χ0n) is 20.8. The molecule has 1 saturated heterocycles. The number of benzene rings is 4. The van der Waals surface area contributed by atoms with Crippen LogP contribution in [-0.2, 0) is 10.2 Å². The number of para-hydroxylation sites is 1. The number of anilines is 1. The molecule has 4 aromatic rings. The van der Waals surface area contributed by atoms with E-state index in [0.29, 0.717) is 16.8 Å². The molecular weight excluding hydrogens is 491 g/mol. The minimum Gasteiger partial charge on any atom is -0.358 e. The summed E-state index contributed by atoms with van der Waals surface area (Å²) in [4.78, 5) is 45.2. The van der Waals surface area contributed by atoms with Crippen molar-refractivity contribution in [2.75, 3.05) is 5.32 Å². The molecule has 1 amide bonds. The number of nitrogens with one attached hydrogen (secondary N) is 1. The topological polar surface area (TPSA) is 66.5 Å². The number of carbonyl (C=O) groups excluding carboxylic acids is 3. The molecule has 39 heavy (non-hydrogen) atoms. The first kappa shape index (κ1) is 23.3. The van der Waals surface area contributed by atoms with Crippen LogP contribution < -0.4 is 5.32 Å². The molecule has 1 N–H and O–H groups in total. The maximum atomic E-state index is 14.6. The average molecular weight is 515 g/mol. The fourth-order valence-corrected chi connectivity index (χ4v) is 6.73. The van der Waals surface area contributed by atoms with Crippen molar-refractivity contribution >= 4 is 29.2 Å². The first-order chi connectivity index (χ1) is 19.0. The number of amides is 1. The molecule has 0 bridgehead atoms. The van der Waals surface area contributed by atoms with Gasteiger partial charge in [-0.3, -0.25) is 14.4 Å². The zero-order valence-corrected chi connectivity index (χ0v) is 20.8. The quantitative estimate of drug-likeness (QED) is 0.349. The third kappa shape index (κ3) is 3.21. The van der Waals surface area contributed by atoms with Gasteiger partial charge >= 0.3 is 0 Å². The summed E-state index contributed by atoms with van der Waals surface area (Å²) in [6.07, 6.45) is 3.76. The number of fused-ring (bicyclic) bond motifs is 6. The molecule has 4 atom stereocenters. The number of hydrogen-bond acceptors (Lipinski definition) is 4. The van der Waals surface area contributed by atoms with Gasteiger partial charge in [0.1, 0.15) is 17.3 Å². The number of ketones is 2. The van der Waals surface area contributed by atoms with Crippen LogP contribution in [0.3, 0.4) is 0 Å². The second-order valence-electron chi connectivity index (χ2n) is 10.2. The molecule has 0 saturated carbocycles. The van der Waals surface area contributed by atoms with E-state index in [-0.39, 0.29) is 23.0 Å². The maximum absolute atomic E-state index is 14.6. The number of Topliss-reactive ketones (excluding diaryl/α,β-unsaturated/α-hetero) is 2. The molecule has 3 aliphatic heterocycles. The van der Waals surface area contributed by atoms with Gasteiger partial charge in [0.25, 0.3) is 0 Å². The molecular formula is C33H23FN2O3. The van der Waals surface area contributed by atoms with E-state index in [1.165, 1.54) is 24.3 Å². The Labute approximate surface area is 224 Å². The van der Waals surface area contributed by atoms with E-state index in [2.05, 4.69) is 5.32 Å². The van der Waals surface area contributed by atoms with E-state index in [1.54, 1.807) is 24.3 Å². The van der Waals surface area contributed by atoms with Crippen molar-refractivity contribution in [2.45, 2.75) is 17.5 Å². The van der Waals surface area contributed by atoms with Gasteiger partial charge in [-0.1, -0.05) is 72.8 Å². The van der Waals surface area contributed by atoms with Crippen molar-refractivity contribution in [2.24, 2.45) is 5.92 Å². The molecule has 0 aliphatic carbocycles. The lowest BCUT2D eigenvalue weighted by atomic mass is 9.62. The van der Waals surface area contributed by atoms with Crippen molar-refractivity contribution in [3.8, 4) is 0 Å². The SMILES string of the molecule is O=C(c1ccccc1)[C@@H]1[C@@H](C(=O)c2ccc(F)cc2)[C@@]2(C(=O)Nc3ccccc32)[C@H]2c3ccccc3C=CN12. The highest BCUT2D eigenvalue weighted by Crippen LogP contribution is 2.62. The third-order valence-electron chi connectivity index (χ3n) is 8.31. The summed E-state index contributed by atoms with van der Waals surface area (Å²) >= 11 is 0. The van der Waals surface area contributed by atoms with Crippen LogP contribution in [0.2, 0.25) is 0 Å². The van der Waals surface area contributed by atoms with Gasteiger partial charge in [0.05, 0.1) is 12.0 Å². The molecule has 4 aromatic carbocycles. The first-order valence-electron chi connectivity index (χ1n) is 12.9. The largest absolute Gasteiger partial charge is 0.358 e. The highest BCUT2D eigenvalue weighted by molar-refractivity contribution is 6.16. The highest BCUT2D eigenvalue weighted by atomic mass is 19.1. The lowest BCUT2D eigenvalue weighted by Gasteiger charge is -2.38. The second-order valence-corrected chi connectivity index (χ2v) is 10.2. The number of halogens is 1. The first-order valence-corrected chi connectivity index (χ1v) is 12.9. The number of rotatable bonds is 4. The van der Waals surface area contributed by atoms with Gasteiger partial charge in [0.2, 0.25) is 5.91 Å². The summed E-state index contributed by atoms with van der Waals surface area (Å²) < 4.78 is 13.9. The molecule has 3 heterocycles. The summed E-state index contributed by atoms with van der Waals surface area (Å²) in [5.41, 5.74) is 2.40. The monoisotopic (exact) mass is 514 g/mol. The van der Waals surface area contributed by atoms with Crippen molar-refractivity contribution in [3.05, 3.63) is 143 Å². The van der Waals surface area contributed by atoms with Crippen LogP contribution in [0.25, 0.3) is 6.08 Å². The Morgan fingerprint density at radius 1 is 0.769 bits per heavy atom. The standard InChI is InChI=1S/C33H23FN2O3/c34-23-16-14-22(15-17-23)29(37)27-28(30(38)21-9-2-1-3-10-21)36-19-18-20-8-4-5-11-24(20)31(36)33(27)25-12-6-7-13-26(25)35-32(33)39/h1-19,27-28,31H,(H,35,39)/t27-,28-,31+,33+/m0/s1. The second kappa shape index (κ2) is 8.60. The van der Waals surface area contributed by atoms with Gasteiger partial charge in [-0.2, -0.15) is 0 Å². The van der Waals surface area contributed by atoms with Crippen LogP contribution in [-0.4, -0.2) is 28.4 Å². The minimum absolute atomic E-state index is 0.251. The van der Waals surface area contributed by atoms with Gasteiger partial charge in [0.15, 0.2) is 11.6 Å². The van der Waals surface area contributed by atoms with Crippen molar-refractivity contribution in [1.29, 1.82) is 0 Å². The van der Waals surface area contributed by atoms with Gasteiger partial charge < -0.3 is 10.2 Å². The van der Waals surface area contributed by atoms with E-state index >= 15 is 0 Å². The van der Waals surface area contributed by atoms with Gasteiger partial charge in [0, 0.05) is 23.0 Å². The molecule has 0 unspecified atom stereocenters. The molecule has 3 aliphatic rings. The van der Waals surface area contributed by atoms with E-state index in [1.807, 2.05) is 71.8 Å². The normalized spacial score (nSPS) is 24.2. The van der Waals surface area contributed by atoms with E-state index in [0.717, 1.165) is 11.1 Å². The summed E-state index contributed by atoms with van der Waals surface area (Å²) in [5, 5.41) is 3.03. The molecule has 0 aromatic heterocycles. The van der Waals surface area contributed by atoms with Gasteiger partial charge in [-0.05, 0) is 53.1 Å². The minimum atomic E-state index is -1.40. The smallest absolute Gasteiger partial charge is 0.238 e. The van der Waals surface area contributed by atoms with Crippen LogP contribution in [0.4, 0.5) is 10.1 Å². The fraction of sp³-hybridized carbons (Fsp3) is 0.121. The summed E-state index contributed by atoms with van der Waals surface area (Å²) in [5.74, 6) is -2.51. The van der Waals surface area contributed by atoms with E-state index in [9.17, 15) is 18.8 Å². The van der Waals surface area contributed by atoms with Crippen LogP contribution in [0.15, 0.2) is 109 Å². The van der Waals surface area contributed by atoms with Crippen molar-refractivity contribution in [3.63, 3.8) is 0 Å². The van der Waals surface area contributed by atoms with Crippen LogP contribution in [0.5, 0.6) is 0 Å². The molecule has 0 radical (unpaired) electrons. The predicted molar refractivity (Wildman–Crippen MR) is 146 cm³/mol. The summed E-state index contributed by atoms with van der Waals surface area (Å²) in [6, 6.07) is 27.7. The summed E-state index contributed by atoms with van der Waals surface area (Å²) in [7, 11) is 0. The fourth-order valence-electron chi connectivity index (χ4n) is 6.73. The number of hydrogen-bond donors (Lipinski definition) is 1. The Bertz CT molecular complexity index is 1680. The summed E-state index contributed by atoms with van der Waals surface area (Å²) in [6.45, 7) is 0. The number of nitrogens with zero attached hydrogens (tertiary/aromatic N) is 1. The van der Waals surface area contributed by atoms with Crippen molar-refractivity contribution < 1.29 is 18.8 Å². The molecule has 1 fully saturated rings. The lowest BCUT2D eigenvalue weighted by Crippen LogP contribution is -2.49. The average Bonchev–Trinajstić information content (AvgIpc) is 3.45. The zero-order chi connectivity index (χ0) is 26.7. The molecule has 7 rings (SSSR count). The highest BCUT2D eigenvalue weighted by Gasteiger charge is 2.70. The van der Waals surface area contributed by atoms with Crippen LogP contribution in [0.1, 0.15) is 43.4 Å². The maximum Gasteiger partial charge on any atom is 0.238 e. The van der Waals surface area contributed by atoms with Crippen molar-refractivity contribution in [1.82, 2.24) is 4.90 Å². The Morgan fingerprint density at radius 2 is 1.44 bits per heavy atom. The molecule has 5 nitrogen and oxygen atoms in total. The van der Waals surface area contributed by atoms with E-state index in [4.69, 9.17) is 0 Å². The third-order valence-corrected chi connectivity index (χ3v) is 8.31. The molecule has 6 heteroatoms. The molecule has 1 spiro atoms. The van der Waals surface area contributed by atoms with Crippen LogP contribution >= 0.6 is 0 Å². The predicted octanol–water partition coefficient (Wildman–Crippen LogP) is 5.81. The van der Waals surface area contributed by atoms with Gasteiger partial charge in [-0.15, -0.1) is 0 Å². The Balaban J connectivity index is 1.54.